The number of amides is 4. The van der Waals surface area contributed by atoms with Gasteiger partial charge in [-0.1, -0.05) is 0 Å². The van der Waals surface area contributed by atoms with Gasteiger partial charge in [0, 0.05) is 56.8 Å². The maximum absolute atomic E-state index is 13.5. The fraction of sp³-hybridized carbons (Fsp3) is 0.300. The summed E-state index contributed by atoms with van der Waals surface area (Å²) in [5.74, 6) is -0.409. The highest BCUT2D eigenvalue weighted by molar-refractivity contribution is 7.08. The van der Waals surface area contributed by atoms with Crippen molar-refractivity contribution in [2.24, 2.45) is 7.05 Å². The Labute approximate surface area is 244 Å². The Balaban J connectivity index is 1.06. The van der Waals surface area contributed by atoms with E-state index in [4.69, 9.17) is 14.2 Å². The van der Waals surface area contributed by atoms with Crippen LogP contribution in [0.25, 0.3) is 10.8 Å². The van der Waals surface area contributed by atoms with Crippen molar-refractivity contribution in [3.05, 3.63) is 76.0 Å². The first kappa shape index (κ1) is 26.4. The molecule has 42 heavy (non-hydrogen) atoms. The molecule has 0 radical (unpaired) electrons. The van der Waals surface area contributed by atoms with Gasteiger partial charge in [-0.2, -0.15) is 0 Å². The Morgan fingerprint density at radius 2 is 1.45 bits per heavy atom. The lowest BCUT2D eigenvalue weighted by molar-refractivity contribution is -0.671. The molecule has 5 heterocycles. The molecule has 7 rings (SSSR count). The van der Waals surface area contributed by atoms with Crippen LogP contribution in [0, 0.1) is 0 Å². The van der Waals surface area contributed by atoms with Crippen LogP contribution in [0.15, 0.2) is 53.7 Å². The molecule has 1 atom stereocenters. The van der Waals surface area contributed by atoms with E-state index in [-0.39, 0.29) is 43.5 Å². The van der Waals surface area contributed by atoms with Gasteiger partial charge in [-0.25, -0.2) is 9.13 Å². The molecule has 11 nitrogen and oxygen atoms in total. The second-order valence-electron chi connectivity index (χ2n) is 10.5. The number of fused-ring (bicyclic) bond motifs is 1. The summed E-state index contributed by atoms with van der Waals surface area (Å²) in [5.41, 5.74) is 1.21. The average Bonchev–Trinajstić information content (AvgIpc) is 3.64. The predicted molar refractivity (Wildman–Crippen MR) is 150 cm³/mol. The minimum Gasteiger partial charge on any atom is -0.485 e. The number of ether oxygens (including phenoxy) is 3. The van der Waals surface area contributed by atoms with Crippen molar-refractivity contribution in [2.75, 3.05) is 32.9 Å². The van der Waals surface area contributed by atoms with E-state index >= 15 is 0 Å². The number of benzene rings is 2. The number of aryl methyl sites for hydroxylation is 2. The molecule has 0 saturated carbocycles. The third kappa shape index (κ3) is 4.34. The Morgan fingerprint density at radius 1 is 0.857 bits per heavy atom. The number of rotatable bonds is 9. The first-order valence-electron chi connectivity index (χ1n) is 13.7. The summed E-state index contributed by atoms with van der Waals surface area (Å²) in [4.78, 5) is 56.2. The Hall–Kier alpha value is -4.55. The predicted octanol–water partition coefficient (Wildman–Crippen LogP) is 2.67. The van der Waals surface area contributed by atoms with Crippen molar-refractivity contribution >= 4 is 45.7 Å². The minimum absolute atomic E-state index is 0.0461. The third-order valence-electron chi connectivity index (χ3n) is 7.76. The van der Waals surface area contributed by atoms with Crippen molar-refractivity contribution in [1.82, 2.24) is 14.4 Å². The molecule has 0 spiro atoms. The lowest BCUT2D eigenvalue weighted by atomic mass is 9.86. The highest BCUT2D eigenvalue weighted by atomic mass is 32.1. The lowest BCUT2D eigenvalue weighted by Crippen LogP contribution is -2.44. The topological polar surface area (TPSA) is 111 Å². The fourth-order valence-corrected chi connectivity index (χ4v) is 6.41. The SMILES string of the molecule is C[n+]1ccn(CCCN2C(=O)c3ccc4c5c(ccc(c35)C2=O)C(=O)N(CCOCC2COc3cscc3O2)C4=O)c1. The largest absolute Gasteiger partial charge is 0.485 e. The van der Waals surface area contributed by atoms with Crippen LogP contribution < -0.4 is 14.0 Å². The second kappa shape index (κ2) is 10.4. The summed E-state index contributed by atoms with van der Waals surface area (Å²) in [6.07, 6.45) is 6.08. The molecule has 0 N–H and O–H groups in total. The van der Waals surface area contributed by atoms with Gasteiger partial charge in [0.1, 0.15) is 19.0 Å². The van der Waals surface area contributed by atoms with Gasteiger partial charge in [-0.05, 0) is 24.3 Å². The number of imide groups is 2. The molecule has 214 valence electrons. The molecule has 12 heteroatoms. The Bertz CT molecular complexity index is 1710. The van der Waals surface area contributed by atoms with E-state index in [1.807, 2.05) is 45.7 Å². The standard InChI is InChI=1S/C30H27N4O7S/c1-31-9-10-32(17-31)7-2-8-33-27(35)19-3-5-21-26-22(6-4-20(25(19)26)28(33)36)30(38)34(29(21)37)11-12-39-13-18-14-40-23-15-42-16-24(23)41-18/h3-6,9-10,15-18H,2,7-8,11-14H2,1H3/q+1. The average molecular weight is 588 g/mol. The number of nitrogens with zero attached hydrogens (tertiary/aromatic N) is 4. The van der Waals surface area contributed by atoms with Gasteiger partial charge in [-0.15, -0.1) is 11.3 Å². The number of carbonyl (C=O) groups excluding carboxylic acids is 4. The van der Waals surface area contributed by atoms with Gasteiger partial charge in [0.2, 0.25) is 6.33 Å². The summed E-state index contributed by atoms with van der Waals surface area (Å²) in [6.45, 7) is 1.67. The molecular weight excluding hydrogens is 560 g/mol. The molecule has 0 aliphatic carbocycles. The summed E-state index contributed by atoms with van der Waals surface area (Å²) >= 11 is 1.49. The highest BCUT2D eigenvalue weighted by Gasteiger charge is 2.39. The molecule has 2 aromatic carbocycles. The van der Waals surface area contributed by atoms with Gasteiger partial charge >= 0.3 is 0 Å². The van der Waals surface area contributed by atoms with Crippen molar-refractivity contribution in [3.63, 3.8) is 0 Å². The van der Waals surface area contributed by atoms with Gasteiger partial charge < -0.3 is 14.2 Å². The normalized spacial score (nSPS) is 17.5. The number of aromatic nitrogens is 2. The van der Waals surface area contributed by atoms with Gasteiger partial charge in [0.15, 0.2) is 17.6 Å². The van der Waals surface area contributed by atoms with Crippen molar-refractivity contribution in [2.45, 2.75) is 19.1 Å². The van der Waals surface area contributed by atoms with E-state index < -0.39 is 23.6 Å². The van der Waals surface area contributed by atoms with E-state index in [0.717, 1.165) is 10.6 Å². The van der Waals surface area contributed by atoms with Crippen LogP contribution in [0.4, 0.5) is 0 Å². The first-order valence-corrected chi connectivity index (χ1v) is 14.6. The van der Waals surface area contributed by atoms with E-state index in [1.165, 1.54) is 16.2 Å². The Kier molecular flexibility index (Phi) is 6.51. The summed E-state index contributed by atoms with van der Waals surface area (Å²) < 4.78 is 21.2. The van der Waals surface area contributed by atoms with E-state index in [1.54, 1.807) is 24.3 Å². The van der Waals surface area contributed by atoms with Crippen LogP contribution in [0.2, 0.25) is 0 Å². The van der Waals surface area contributed by atoms with Crippen LogP contribution in [0.5, 0.6) is 11.5 Å². The zero-order valence-corrected chi connectivity index (χ0v) is 23.6. The monoisotopic (exact) mass is 587 g/mol. The third-order valence-corrected chi connectivity index (χ3v) is 8.46. The van der Waals surface area contributed by atoms with Gasteiger partial charge in [-0.3, -0.25) is 29.0 Å². The molecule has 4 amide bonds. The molecule has 4 aromatic rings. The Morgan fingerprint density at radius 3 is 2.05 bits per heavy atom. The van der Waals surface area contributed by atoms with Crippen LogP contribution in [0.3, 0.4) is 0 Å². The minimum atomic E-state index is -0.484. The zero-order valence-electron chi connectivity index (χ0n) is 22.8. The molecule has 0 saturated heterocycles. The second-order valence-corrected chi connectivity index (χ2v) is 11.2. The van der Waals surface area contributed by atoms with Gasteiger partial charge in [0.05, 0.1) is 33.4 Å². The molecule has 3 aliphatic rings. The maximum atomic E-state index is 13.5. The quantitative estimate of drug-likeness (QED) is 0.168. The maximum Gasteiger partial charge on any atom is 0.261 e. The van der Waals surface area contributed by atoms with Crippen LogP contribution >= 0.6 is 11.3 Å². The lowest BCUT2D eigenvalue weighted by Gasteiger charge is -2.32. The number of hydrogen-bond donors (Lipinski definition) is 0. The molecule has 0 fully saturated rings. The molecule has 0 bridgehead atoms. The molecule has 1 unspecified atom stereocenters. The van der Waals surface area contributed by atoms with Crippen LogP contribution in [-0.4, -0.2) is 77.0 Å². The van der Waals surface area contributed by atoms with Crippen molar-refractivity contribution < 1.29 is 38.0 Å². The first-order chi connectivity index (χ1) is 20.4. The molecule has 3 aliphatic heterocycles. The molecule has 2 aromatic heterocycles. The van der Waals surface area contributed by atoms with Crippen molar-refractivity contribution in [1.29, 1.82) is 0 Å². The summed E-state index contributed by atoms with van der Waals surface area (Å²) in [7, 11) is 1.93. The highest BCUT2D eigenvalue weighted by Crippen LogP contribution is 2.38. The van der Waals surface area contributed by atoms with E-state index in [2.05, 4.69) is 0 Å². The smallest absolute Gasteiger partial charge is 0.261 e. The molecular formula is C30H27N4O7S+. The van der Waals surface area contributed by atoms with Gasteiger partial charge in [0.25, 0.3) is 23.6 Å². The summed E-state index contributed by atoms with van der Waals surface area (Å²) in [5, 5.41) is 4.47. The van der Waals surface area contributed by atoms with E-state index in [0.29, 0.717) is 47.2 Å². The number of imidazole rings is 1. The van der Waals surface area contributed by atoms with E-state index in [9.17, 15) is 19.2 Å². The zero-order chi connectivity index (χ0) is 29.0. The summed E-state index contributed by atoms with van der Waals surface area (Å²) in [6, 6.07) is 6.32. The van der Waals surface area contributed by atoms with Crippen LogP contribution in [0.1, 0.15) is 47.9 Å². The van der Waals surface area contributed by atoms with Crippen LogP contribution in [-0.2, 0) is 18.3 Å². The number of thiophene rings is 1. The number of hydrogen-bond acceptors (Lipinski definition) is 8. The number of carbonyl (C=O) groups is 4. The fourth-order valence-electron chi connectivity index (χ4n) is 5.74. The van der Waals surface area contributed by atoms with Crippen molar-refractivity contribution in [3.8, 4) is 11.5 Å².